The Labute approximate surface area is 95.3 Å². The van der Waals surface area contributed by atoms with E-state index in [0.29, 0.717) is 24.8 Å². The van der Waals surface area contributed by atoms with Crippen molar-refractivity contribution in [2.75, 3.05) is 31.5 Å². The first-order chi connectivity index (χ1) is 6.76. The number of nitrogens with zero attached hydrogens (tertiary/aromatic N) is 1. The average Bonchev–Trinajstić information content (AvgIpc) is 2.20. The third kappa shape index (κ3) is 6.33. The van der Waals surface area contributed by atoms with Crippen LogP contribution in [-0.2, 0) is 4.74 Å². The second kappa shape index (κ2) is 9.41. The van der Waals surface area contributed by atoms with Gasteiger partial charge in [0.15, 0.2) is 0 Å². The van der Waals surface area contributed by atoms with Gasteiger partial charge in [0.1, 0.15) is 6.61 Å². The predicted molar refractivity (Wildman–Crippen MR) is 59.3 cm³/mol. The zero-order valence-electron chi connectivity index (χ0n) is 8.47. The van der Waals surface area contributed by atoms with Gasteiger partial charge in [-0.1, -0.05) is 13.3 Å². The van der Waals surface area contributed by atoms with Crippen molar-refractivity contribution in [1.82, 2.24) is 4.90 Å². The van der Waals surface area contributed by atoms with Crippen LogP contribution >= 0.6 is 23.2 Å². The van der Waals surface area contributed by atoms with E-state index in [0.717, 1.165) is 12.8 Å². The minimum Gasteiger partial charge on any atom is -0.448 e. The molecule has 0 atom stereocenters. The van der Waals surface area contributed by atoms with E-state index < -0.39 is 0 Å². The molecular weight excluding hydrogens is 225 g/mol. The Morgan fingerprint density at radius 3 is 2.50 bits per heavy atom. The van der Waals surface area contributed by atoms with E-state index in [2.05, 4.69) is 6.92 Å². The number of ether oxygens (including phenoxy) is 1. The maximum atomic E-state index is 11.4. The quantitative estimate of drug-likeness (QED) is 0.642. The molecule has 0 unspecified atom stereocenters. The number of carbonyl (C=O) groups excluding carboxylic acids is 1. The summed E-state index contributed by atoms with van der Waals surface area (Å²) >= 11 is 11.0. The highest BCUT2D eigenvalue weighted by molar-refractivity contribution is 6.18. The van der Waals surface area contributed by atoms with Crippen LogP contribution in [0.3, 0.4) is 0 Å². The molecule has 1 amide bonds. The number of hydrogen-bond donors (Lipinski definition) is 0. The van der Waals surface area contributed by atoms with Crippen LogP contribution in [0.1, 0.15) is 19.8 Å². The van der Waals surface area contributed by atoms with E-state index in [1.165, 1.54) is 0 Å². The lowest BCUT2D eigenvalue weighted by atomic mass is 10.3. The number of halogens is 2. The van der Waals surface area contributed by atoms with E-state index in [1.54, 1.807) is 4.90 Å². The average molecular weight is 242 g/mol. The molecule has 0 aliphatic rings. The largest absolute Gasteiger partial charge is 0.448 e. The fourth-order valence-electron chi connectivity index (χ4n) is 0.963. The van der Waals surface area contributed by atoms with E-state index in [9.17, 15) is 4.79 Å². The third-order valence-electron chi connectivity index (χ3n) is 1.70. The Balaban J connectivity index is 3.84. The van der Waals surface area contributed by atoms with Crippen LogP contribution in [0.4, 0.5) is 4.79 Å². The monoisotopic (exact) mass is 241 g/mol. The Bertz CT molecular complexity index is 156. The van der Waals surface area contributed by atoms with Gasteiger partial charge < -0.3 is 9.64 Å². The smallest absolute Gasteiger partial charge is 0.409 e. The molecule has 0 aromatic carbocycles. The van der Waals surface area contributed by atoms with Crippen molar-refractivity contribution < 1.29 is 9.53 Å². The summed E-state index contributed by atoms with van der Waals surface area (Å²) in [5.74, 6) is 0.758. The fraction of sp³-hybridized carbons (Fsp3) is 0.889. The summed E-state index contributed by atoms with van der Waals surface area (Å²) < 4.78 is 4.90. The van der Waals surface area contributed by atoms with Crippen molar-refractivity contribution in [2.24, 2.45) is 0 Å². The molecule has 0 aliphatic heterocycles. The lowest BCUT2D eigenvalue weighted by molar-refractivity contribution is 0.109. The maximum absolute atomic E-state index is 11.4. The summed E-state index contributed by atoms with van der Waals surface area (Å²) in [5.41, 5.74) is 0. The van der Waals surface area contributed by atoms with Crippen molar-refractivity contribution in [3.63, 3.8) is 0 Å². The molecule has 0 radical (unpaired) electrons. The molecule has 0 aromatic rings. The summed E-state index contributed by atoms with van der Waals surface area (Å²) in [6.07, 6.45) is 1.69. The molecule has 0 saturated carbocycles. The molecule has 0 heterocycles. The summed E-state index contributed by atoms with van der Waals surface area (Å²) in [7, 11) is 0. The Hall–Kier alpha value is -0.150. The molecule has 0 bridgehead atoms. The minimum absolute atomic E-state index is 0.255. The van der Waals surface area contributed by atoms with Crippen LogP contribution < -0.4 is 0 Å². The molecule has 0 aliphatic carbocycles. The zero-order chi connectivity index (χ0) is 10.8. The standard InChI is InChI=1S/C9H17Cl2NO2/c1-2-3-6-12(7-4-10)9(13)14-8-5-11/h2-8H2,1H3. The van der Waals surface area contributed by atoms with Gasteiger partial charge in [-0.15, -0.1) is 23.2 Å². The molecule has 0 fully saturated rings. The van der Waals surface area contributed by atoms with Crippen molar-refractivity contribution in [3.8, 4) is 0 Å². The van der Waals surface area contributed by atoms with Crippen molar-refractivity contribution in [1.29, 1.82) is 0 Å². The maximum Gasteiger partial charge on any atom is 0.409 e. The van der Waals surface area contributed by atoms with Crippen molar-refractivity contribution in [3.05, 3.63) is 0 Å². The highest BCUT2D eigenvalue weighted by atomic mass is 35.5. The molecule has 5 heteroatoms. The van der Waals surface area contributed by atoms with Gasteiger partial charge in [0.05, 0.1) is 5.88 Å². The summed E-state index contributed by atoms with van der Waals surface area (Å²) in [6.45, 7) is 3.56. The number of amides is 1. The molecular formula is C9H17Cl2NO2. The van der Waals surface area contributed by atoms with Gasteiger partial charge >= 0.3 is 6.09 Å². The summed E-state index contributed by atoms with van der Waals surface area (Å²) in [5, 5.41) is 0. The lowest BCUT2D eigenvalue weighted by Gasteiger charge is -2.20. The van der Waals surface area contributed by atoms with Gasteiger partial charge in [-0.3, -0.25) is 0 Å². The molecule has 0 saturated heterocycles. The van der Waals surface area contributed by atoms with Gasteiger partial charge in [0, 0.05) is 19.0 Å². The number of hydrogen-bond acceptors (Lipinski definition) is 2. The number of rotatable bonds is 7. The van der Waals surface area contributed by atoms with Crippen LogP contribution in [-0.4, -0.2) is 42.4 Å². The molecule has 0 rings (SSSR count). The first-order valence-electron chi connectivity index (χ1n) is 4.79. The predicted octanol–water partition coefficient (Wildman–Crippen LogP) is 2.70. The van der Waals surface area contributed by atoms with Crippen LogP contribution in [0.5, 0.6) is 0 Å². The summed E-state index contributed by atoms with van der Waals surface area (Å²) in [4.78, 5) is 13.0. The van der Waals surface area contributed by atoms with Crippen LogP contribution in [0.25, 0.3) is 0 Å². The first kappa shape index (κ1) is 13.8. The zero-order valence-corrected chi connectivity index (χ0v) is 9.98. The second-order valence-electron chi connectivity index (χ2n) is 2.83. The number of unbranched alkanes of at least 4 members (excludes halogenated alkanes) is 1. The molecule has 3 nitrogen and oxygen atoms in total. The normalized spacial score (nSPS) is 9.93. The van der Waals surface area contributed by atoms with Gasteiger partial charge in [-0.25, -0.2) is 4.79 Å². The van der Waals surface area contributed by atoms with Crippen molar-refractivity contribution in [2.45, 2.75) is 19.8 Å². The SMILES string of the molecule is CCCCN(CCCl)C(=O)OCCCl. The van der Waals surface area contributed by atoms with E-state index >= 15 is 0 Å². The van der Waals surface area contributed by atoms with E-state index in [4.69, 9.17) is 27.9 Å². The molecule has 0 spiro atoms. The molecule has 84 valence electrons. The van der Waals surface area contributed by atoms with Crippen LogP contribution in [0.15, 0.2) is 0 Å². The van der Waals surface area contributed by atoms with Gasteiger partial charge in [-0.2, -0.15) is 0 Å². The number of carbonyl (C=O) groups is 1. The van der Waals surface area contributed by atoms with Gasteiger partial charge in [-0.05, 0) is 6.42 Å². The van der Waals surface area contributed by atoms with Gasteiger partial charge in [0.2, 0.25) is 0 Å². The van der Waals surface area contributed by atoms with Crippen LogP contribution in [0.2, 0.25) is 0 Å². The van der Waals surface area contributed by atoms with E-state index in [1.807, 2.05) is 0 Å². The Kier molecular flexibility index (Phi) is 9.31. The minimum atomic E-state index is -0.320. The highest BCUT2D eigenvalue weighted by Crippen LogP contribution is 1.99. The topological polar surface area (TPSA) is 29.5 Å². The van der Waals surface area contributed by atoms with E-state index in [-0.39, 0.29) is 12.7 Å². The number of alkyl halides is 2. The van der Waals surface area contributed by atoms with Crippen molar-refractivity contribution >= 4 is 29.3 Å². The Morgan fingerprint density at radius 2 is 2.00 bits per heavy atom. The molecule has 0 N–H and O–H groups in total. The third-order valence-corrected chi connectivity index (χ3v) is 2.02. The first-order valence-corrected chi connectivity index (χ1v) is 5.86. The highest BCUT2D eigenvalue weighted by Gasteiger charge is 2.12. The van der Waals surface area contributed by atoms with Gasteiger partial charge in [0.25, 0.3) is 0 Å². The summed E-state index contributed by atoms with van der Waals surface area (Å²) in [6, 6.07) is 0. The Morgan fingerprint density at radius 1 is 1.29 bits per heavy atom. The lowest BCUT2D eigenvalue weighted by Crippen LogP contribution is -2.34. The molecule has 0 aromatic heterocycles. The second-order valence-corrected chi connectivity index (χ2v) is 3.59. The van der Waals surface area contributed by atoms with Crippen LogP contribution in [0, 0.1) is 0 Å². The fourth-order valence-corrected chi connectivity index (χ4v) is 1.24. The molecule has 14 heavy (non-hydrogen) atoms.